The predicted molar refractivity (Wildman–Crippen MR) is 103 cm³/mol. The minimum Gasteiger partial charge on any atom is -0.483 e. The van der Waals surface area contributed by atoms with Crippen molar-refractivity contribution in [2.45, 2.75) is 18.9 Å². The van der Waals surface area contributed by atoms with E-state index in [9.17, 15) is 0 Å². The van der Waals surface area contributed by atoms with Crippen LogP contribution >= 0.6 is 0 Å². The number of piperazine rings is 1. The zero-order valence-corrected chi connectivity index (χ0v) is 14.9. The summed E-state index contributed by atoms with van der Waals surface area (Å²) in [5.41, 5.74) is 4.22. The molecule has 2 heterocycles. The molecule has 0 atom stereocenters. The minimum absolute atomic E-state index is 0.560. The van der Waals surface area contributed by atoms with Gasteiger partial charge in [0.05, 0.1) is 11.9 Å². The largest absolute Gasteiger partial charge is 0.483 e. The fraction of sp³-hybridized carbons (Fsp3) is 0.364. The molecule has 1 fully saturated rings. The molecular formula is C22H24N2O2. The molecule has 134 valence electrons. The van der Waals surface area contributed by atoms with Crippen LogP contribution in [-0.4, -0.2) is 43.7 Å². The summed E-state index contributed by atoms with van der Waals surface area (Å²) < 4.78 is 11.6. The highest BCUT2D eigenvalue weighted by Crippen LogP contribution is 2.39. The second-order valence-electron chi connectivity index (χ2n) is 7.26. The molecule has 1 saturated heterocycles. The van der Waals surface area contributed by atoms with Crippen LogP contribution < -0.4 is 14.4 Å². The van der Waals surface area contributed by atoms with Gasteiger partial charge >= 0.3 is 0 Å². The van der Waals surface area contributed by atoms with Crippen molar-refractivity contribution >= 4 is 5.69 Å². The third-order valence-corrected chi connectivity index (χ3v) is 5.77. The SMILES string of the molecule is C1=COc2cccc(N3CCN(C4Cc5ccccc5C4)CC3)c2OC1. The summed E-state index contributed by atoms with van der Waals surface area (Å²) in [7, 11) is 0. The molecule has 0 bridgehead atoms. The van der Waals surface area contributed by atoms with Crippen LogP contribution in [0.5, 0.6) is 11.5 Å². The molecule has 0 radical (unpaired) electrons. The van der Waals surface area contributed by atoms with E-state index in [2.05, 4.69) is 46.2 Å². The first-order chi connectivity index (χ1) is 12.9. The maximum atomic E-state index is 5.93. The summed E-state index contributed by atoms with van der Waals surface area (Å²) in [6, 6.07) is 15.7. The van der Waals surface area contributed by atoms with Crippen molar-refractivity contribution in [3.63, 3.8) is 0 Å². The van der Waals surface area contributed by atoms with Gasteiger partial charge in [0.1, 0.15) is 6.61 Å². The fourth-order valence-electron chi connectivity index (χ4n) is 4.41. The van der Waals surface area contributed by atoms with E-state index in [1.54, 1.807) is 6.26 Å². The van der Waals surface area contributed by atoms with Crippen molar-refractivity contribution in [3.8, 4) is 11.5 Å². The van der Waals surface area contributed by atoms with Crippen molar-refractivity contribution in [1.29, 1.82) is 0 Å². The molecule has 0 amide bonds. The Morgan fingerprint density at radius 2 is 1.62 bits per heavy atom. The maximum Gasteiger partial charge on any atom is 0.185 e. The van der Waals surface area contributed by atoms with Gasteiger partial charge in [0.2, 0.25) is 0 Å². The molecular weight excluding hydrogens is 324 g/mol. The van der Waals surface area contributed by atoms with Gasteiger partial charge in [-0.25, -0.2) is 0 Å². The number of hydrogen-bond acceptors (Lipinski definition) is 4. The highest BCUT2D eigenvalue weighted by Gasteiger charge is 2.30. The second-order valence-corrected chi connectivity index (χ2v) is 7.26. The lowest BCUT2D eigenvalue weighted by Gasteiger charge is -2.39. The number of hydrogen-bond donors (Lipinski definition) is 0. The summed E-state index contributed by atoms with van der Waals surface area (Å²) in [5.74, 6) is 1.68. The molecule has 26 heavy (non-hydrogen) atoms. The fourth-order valence-corrected chi connectivity index (χ4v) is 4.41. The lowest BCUT2D eigenvalue weighted by atomic mass is 10.1. The van der Waals surface area contributed by atoms with Crippen LogP contribution in [0.1, 0.15) is 11.1 Å². The lowest BCUT2D eigenvalue weighted by Crippen LogP contribution is -2.50. The maximum absolute atomic E-state index is 5.93. The van der Waals surface area contributed by atoms with Crippen molar-refractivity contribution in [3.05, 3.63) is 65.9 Å². The molecule has 0 unspecified atom stereocenters. The highest BCUT2D eigenvalue weighted by molar-refractivity contribution is 5.65. The average molecular weight is 348 g/mol. The number of anilines is 1. The Morgan fingerprint density at radius 3 is 2.38 bits per heavy atom. The molecule has 2 aliphatic heterocycles. The quantitative estimate of drug-likeness (QED) is 0.832. The van der Waals surface area contributed by atoms with E-state index in [0.29, 0.717) is 12.6 Å². The molecule has 0 spiro atoms. The number of rotatable bonds is 2. The second kappa shape index (κ2) is 6.69. The van der Waals surface area contributed by atoms with Crippen molar-refractivity contribution in [2.75, 3.05) is 37.7 Å². The monoisotopic (exact) mass is 348 g/mol. The molecule has 2 aromatic rings. The summed E-state index contributed by atoms with van der Waals surface area (Å²) in [6.45, 7) is 4.81. The summed E-state index contributed by atoms with van der Waals surface area (Å²) in [4.78, 5) is 5.10. The van der Waals surface area contributed by atoms with Crippen LogP contribution in [0, 0.1) is 0 Å². The van der Waals surface area contributed by atoms with Gasteiger partial charge in [-0.1, -0.05) is 30.3 Å². The third kappa shape index (κ3) is 2.84. The number of ether oxygens (including phenoxy) is 2. The van der Waals surface area contributed by atoms with E-state index in [1.807, 2.05) is 12.1 Å². The van der Waals surface area contributed by atoms with Gasteiger partial charge in [0, 0.05) is 32.2 Å². The molecule has 5 rings (SSSR count). The number of benzene rings is 2. The Balaban J connectivity index is 1.27. The van der Waals surface area contributed by atoms with E-state index in [-0.39, 0.29) is 0 Å². The van der Waals surface area contributed by atoms with Gasteiger partial charge in [-0.2, -0.15) is 0 Å². The Kier molecular flexibility index (Phi) is 4.06. The van der Waals surface area contributed by atoms with E-state index >= 15 is 0 Å². The molecule has 0 aromatic heterocycles. The van der Waals surface area contributed by atoms with Gasteiger partial charge < -0.3 is 14.4 Å². The van der Waals surface area contributed by atoms with Crippen molar-refractivity contribution in [2.24, 2.45) is 0 Å². The first-order valence-corrected chi connectivity index (χ1v) is 9.52. The van der Waals surface area contributed by atoms with Crippen LogP contribution in [0.25, 0.3) is 0 Å². The molecule has 0 saturated carbocycles. The first kappa shape index (κ1) is 15.8. The van der Waals surface area contributed by atoms with E-state index in [0.717, 1.165) is 43.4 Å². The minimum atomic E-state index is 0.560. The Hall–Kier alpha value is -2.46. The van der Waals surface area contributed by atoms with Gasteiger partial charge in [-0.3, -0.25) is 4.90 Å². The number of nitrogens with zero attached hydrogens (tertiary/aromatic N) is 2. The molecule has 1 aliphatic carbocycles. The van der Waals surface area contributed by atoms with E-state index < -0.39 is 0 Å². The molecule has 3 aliphatic rings. The smallest absolute Gasteiger partial charge is 0.185 e. The van der Waals surface area contributed by atoms with Crippen LogP contribution in [-0.2, 0) is 12.8 Å². The normalized spacial score (nSPS) is 20.1. The van der Waals surface area contributed by atoms with Crippen LogP contribution in [0.4, 0.5) is 5.69 Å². The van der Waals surface area contributed by atoms with E-state index in [4.69, 9.17) is 9.47 Å². The Morgan fingerprint density at radius 1 is 0.846 bits per heavy atom. The predicted octanol–water partition coefficient (Wildman–Crippen LogP) is 3.26. The van der Waals surface area contributed by atoms with Gasteiger partial charge in [0.25, 0.3) is 0 Å². The van der Waals surface area contributed by atoms with Crippen LogP contribution in [0.3, 0.4) is 0 Å². The number of para-hydroxylation sites is 1. The molecule has 0 N–H and O–H groups in total. The topological polar surface area (TPSA) is 24.9 Å². The molecule has 4 nitrogen and oxygen atoms in total. The summed E-state index contributed by atoms with van der Waals surface area (Å²) >= 11 is 0. The average Bonchev–Trinajstić information content (AvgIpc) is 2.98. The van der Waals surface area contributed by atoms with E-state index in [1.165, 1.54) is 24.0 Å². The third-order valence-electron chi connectivity index (χ3n) is 5.77. The summed E-state index contributed by atoms with van der Waals surface area (Å²) in [5, 5.41) is 0. The molecule has 4 heteroatoms. The zero-order chi connectivity index (χ0) is 17.3. The lowest BCUT2D eigenvalue weighted by molar-refractivity contribution is 0.189. The van der Waals surface area contributed by atoms with Gasteiger partial charge in [0.15, 0.2) is 11.5 Å². The Labute approximate surface area is 154 Å². The number of fused-ring (bicyclic) bond motifs is 2. The zero-order valence-electron chi connectivity index (χ0n) is 14.9. The Bertz CT molecular complexity index is 800. The standard InChI is InChI=1S/C22H24N2O2/c1-2-6-18-16-19(15-17(18)5-1)23-9-11-24(12-10-23)20-7-3-8-21-22(20)26-14-4-13-25-21/h1-8,13,19H,9-12,14-16H2. The van der Waals surface area contributed by atoms with Gasteiger partial charge in [-0.05, 0) is 42.2 Å². The van der Waals surface area contributed by atoms with Crippen LogP contribution in [0.15, 0.2) is 54.8 Å². The van der Waals surface area contributed by atoms with Crippen molar-refractivity contribution in [1.82, 2.24) is 4.90 Å². The highest BCUT2D eigenvalue weighted by atomic mass is 16.5. The first-order valence-electron chi connectivity index (χ1n) is 9.52. The van der Waals surface area contributed by atoms with Gasteiger partial charge in [-0.15, -0.1) is 0 Å². The summed E-state index contributed by atoms with van der Waals surface area (Å²) in [6.07, 6.45) is 6.00. The van der Waals surface area contributed by atoms with Crippen molar-refractivity contribution < 1.29 is 9.47 Å². The molecule has 2 aromatic carbocycles. The van der Waals surface area contributed by atoms with Crippen LogP contribution in [0.2, 0.25) is 0 Å².